The zero-order chi connectivity index (χ0) is 13.7. The Morgan fingerprint density at radius 2 is 2.06 bits per heavy atom. The fourth-order valence-corrected chi connectivity index (χ4v) is 2.17. The molecule has 0 aliphatic rings. The molecule has 18 heavy (non-hydrogen) atoms. The van der Waals surface area contributed by atoms with E-state index in [1.54, 1.807) is 13.3 Å². The van der Waals surface area contributed by atoms with Gasteiger partial charge in [-0.1, -0.05) is 0 Å². The monoisotopic (exact) mass is 255 g/mol. The van der Waals surface area contributed by atoms with E-state index in [0.29, 0.717) is 6.61 Å². The molecule has 2 atom stereocenters. The van der Waals surface area contributed by atoms with Crippen molar-refractivity contribution in [2.75, 3.05) is 20.8 Å². The lowest BCUT2D eigenvalue weighted by atomic mass is 10.1. The maximum absolute atomic E-state index is 5.69. The number of methoxy groups -OCH3 is 1. The number of nitrogens with one attached hydrogen (secondary N) is 1. The van der Waals surface area contributed by atoms with Crippen LogP contribution >= 0.6 is 0 Å². The van der Waals surface area contributed by atoms with Crippen LogP contribution < -0.4 is 10.1 Å². The Kier molecular flexibility index (Phi) is 5.62. The molecular weight excluding hydrogens is 230 g/mol. The number of rotatable bonds is 7. The van der Waals surface area contributed by atoms with Crippen molar-refractivity contribution in [3.8, 4) is 5.75 Å². The summed E-state index contributed by atoms with van der Waals surface area (Å²) in [7, 11) is 3.60. The highest BCUT2D eigenvalue weighted by Crippen LogP contribution is 2.30. The Labute approximate surface area is 109 Å². The first-order valence-corrected chi connectivity index (χ1v) is 6.47. The lowest BCUT2D eigenvalue weighted by Gasteiger charge is -2.26. The summed E-state index contributed by atoms with van der Waals surface area (Å²) in [5.41, 5.74) is 1.04. The van der Waals surface area contributed by atoms with Gasteiger partial charge in [-0.2, -0.15) is 5.10 Å². The first-order chi connectivity index (χ1) is 8.56. The molecule has 0 amide bonds. The van der Waals surface area contributed by atoms with E-state index >= 15 is 0 Å². The van der Waals surface area contributed by atoms with Crippen LogP contribution in [0.15, 0.2) is 6.20 Å². The predicted molar refractivity (Wildman–Crippen MR) is 72.1 cm³/mol. The molecule has 0 spiro atoms. The highest BCUT2D eigenvalue weighted by molar-refractivity contribution is 5.29. The smallest absolute Gasteiger partial charge is 0.161 e. The van der Waals surface area contributed by atoms with Crippen LogP contribution in [-0.4, -0.2) is 36.6 Å². The van der Waals surface area contributed by atoms with Crippen LogP contribution in [0, 0.1) is 0 Å². The molecule has 0 saturated carbocycles. The average Bonchev–Trinajstić information content (AvgIpc) is 2.74. The second kappa shape index (κ2) is 6.75. The number of ether oxygens (including phenoxy) is 2. The highest BCUT2D eigenvalue weighted by Gasteiger charge is 2.27. The van der Waals surface area contributed by atoms with E-state index in [1.165, 1.54) is 0 Å². The first kappa shape index (κ1) is 15.0. The minimum Gasteiger partial charge on any atom is -0.493 e. The molecule has 0 fully saturated rings. The van der Waals surface area contributed by atoms with Crippen molar-refractivity contribution in [3.05, 3.63) is 11.9 Å². The van der Waals surface area contributed by atoms with Gasteiger partial charge < -0.3 is 14.8 Å². The molecule has 1 heterocycles. The van der Waals surface area contributed by atoms with E-state index in [0.717, 1.165) is 11.4 Å². The molecule has 0 aromatic carbocycles. The molecule has 1 aromatic heterocycles. The van der Waals surface area contributed by atoms with Crippen LogP contribution in [0.5, 0.6) is 5.75 Å². The topological polar surface area (TPSA) is 48.3 Å². The van der Waals surface area contributed by atoms with Crippen LogP contribution in [0.3, 0.4) is 0 Å². The molecule has 1 N–H and O–H groups in total. The second-order valence-electron chi connectivity index (χ2n) is 4.56. The van der Waals surface area contributed by atoms with Crippen molar-refractivity contribution in [2.24, 2.45) is 0 Å². The lowest BCUT2D eigenvalue weighted by molar-refractivity contribution is 0.0460. The van der Waals surface area contributed by atoms with Gasteiger partial charge in [0.1, 0.15) is 5.69 Å². The molecule has 2 unspecified atom stereocenters. The van der Waals surface area contributed by atoms with Crippen molar-refractivity contribution >= 4 is 0 Å². The SMILES string of the molecule is CCOC(C)C(NC)c1c(OC)cnn1C(C)C. The largest absolute Gasteiger partial charge is 0.493 e. The Bertz CT molecular complexity index is 363. The van der Waals surface area contributed by atoms with E-state index in [1.807, 2.05) is 18.7 Å². The summed E-state index contributed by atoms with van der Waals surface area (Å²) in [5, 5.41) is 7.69. The molecule has 0 saturated heterocycles. The quantitative estimate of drug-likeness (QED) is 0.811. The summed E-state index contributed by atoms with van der Waals surface area (Å²) >= 11 is 0. The Morgan fingerprint density at radius 3 is 2.50 bits per heavy atom. The zero-order valence-corrected chi connectivity index (χ0v) is 12.2. The van der Waals surface area contributed by atoms with Gasteiger partial charge in [0.15, 0.2) is 5.75 Å². The molecule has 0 aliphatic carbocycles. The molecular formula is C13H25N3O2. The predicted octanol–water partition coefficient (Wildman–Crippen LogP) is 2.16. The third-order valence-corrected chi connectivity index (χ3v) is 3.01. The lowest BCUT2D eigenvalue weighted by Crippen LogP contribution is -2.32. The minimum atomic E-state index is 0.0584. The molecule has 5 heteroatoms. The van der Waals surface area contributed by atoms with Gasteiger partial charge in [0, 0.05) is 12.6 Å². The summed E-state index contributed by atoms with van der Waals surface area (Å²) in [6.45, 7) is 8.96. The Morgan fingerprint density at radius 1 is 1.39 bits per heavy atom. The van der Waals surface area contributed by atoms with Crippen LogP contribution in [-0.2, 0) is 4.74 Å². The van der Waals surface area contributed by atoms with Gasteiger partial charge in [0.05, 0.1) is 25.5 Å². The third-order valence-electron chi connectivity index (χ3n) is 3.01. The number of aromatic nitrogens is 2. The minimum absolute atomic E-state index is 0.0584. The van der Waals surface area contributed by atoms with Crippen molar-refractivity contribution < 1.29 is 9.47 Å². The summed E-state index contributed by atoms with van der Waals surface area (Å²) in [6.07, 6.45) is 1.82. The first-order valence-electron chi connectivity index (χ1n) is 6.47. The van der Waals surface area contributed by atoms with E-state index in [-0.39, 0.29) is 18.2 Å². The van der Waals surface area contributed by atoms with Gasteiger partial charge in [-0.15, -0.1) is 0 Å². The average molecular weight is 255 g/mol. The van der Waals surface area contributed by atoms with Crippen LogP contribution in [0.2, 0.25) is 0 Å². The molecule has 5 nitrogen and oxygen atoms in total. The van der Waals surface area contributed by atoms with E-state index in [2.05, 4.69) is 31.2 Å². The zero-order valence-electron chi connectivity index (χ0n) is 12.2. The number of hydrogen-bond acceptors (Lipinski definition) is 4. The van der Waals surface area contributed by atoms with E-state index in [4.69, 9.17) is 9.47 Å². The van der Waals surface area contributed by atoms with Crippen LogP contribution in [0.25, 0.3) is 0 Å². The van der Waals surface area contributed by atoms with Crippen molar-refractivity contribution in [1.29, 1.82) is 0 Å². The summed E-state index contributed by atoms with van der Waals surface area (Å²) in [6, 6.07) is 0.346. The number of hydrogen-bond donors (Lipinski definition) is 1. The molecule has 104 valence electrons. The highest BCUT2D eigenvalue weighted by atomic mass is 16.5. The van der Waals surface area contributed by atoms with Crippen molar-refractivity contribution in [3.63, 3.8) is 0 Å². The Hall–Kier alpha value is -1.07. The summed E-state index contributed by atoms with van der Waals surface area (Å²) < 4.78 is 13.1. The standard InChI is InChI=1S/C13H25N3O2/c1-7-18-10(4)12(14-5)13-11(17-6)8-15-16(13)9(2)3/h8-10,12,14H,7H2,1-6H3. The molecule has 1 aromatic rings. The van der Waals surface area contributed by atoms with Gasteiger partial charge in [-0.25, -0.2) is 0 Å². The molecule has 1 rings (SSSR count). The van der Waals surface area contributed by atoms with Crippen molar-refractivity contribution in [2.45, 2.75) is 45.9 Å². The molecule has 0 bridgehead atoms. The number of nitrogens with zero attached hydrogens (tertiary/aromatic N) is 2. The van der Waals surface area contributed by atoms with Crippen LogP contribution in [0.1, 0.15) is 45.5 Å². The van der Waals surface area contributed by atoms with Gasteiger partial charge in [0.25, 0.3) is 0 Å². The van der Waals surface area contributed by atoms with Gasteiger partial charge in [-0.05, 0) is 34.7 Å². The van der Waals surface area contributed by atoms with Crippen molar-refractivity contribution in [1.82, 2.24) is 15.1 Å². The van der Waals surface area contributed by atoms with E-state index in [9.17, 15) is 0 Å². The summed E-state index contributed by atoms with van der Waals surface area (Å²) in [4.78, 5) is 0. The van der Waals surface area contributed by atoms with Gasteiger partial charge in [-0.3, -0.25) is 4.68 Å². The third kappa shape index (κ3) is 3.03. The fourth-order valence-electron chi connectivity index (χ4n) is 2.17. The maximum Gasteiger partial charge on any atom is 0.161 e. The van der Waals surface area contributed by atoms with Crippen LogP contribution in [0.4, 0.5) is 0 Å². The number of likely N-dealkylation sites (N-methyl/N-ethyl adjacent to an activating group) is 1. The van der Waals surface area contributed by atoms with Gasteiger partial charge >= 0.3 is 0 Å². The van der Waals surface area contributed by atoms with E-state index < -0.39 is 0 Å². The normalized spacial score (nSPS) is 14.8. The van der Waals surface area contributed by atoms with Gasteiger partial charge in [0.2, 0.25) is 0 Å². The molecule has 0 aliphatic heterocycles. The maximum atomic E-state index is 5.69. The fraction of sp³-hybridized carbons (Fsp3) is 0.769. The Balaban J connectivity index is 3.13. The molecule has 0 radical (unpaired) electrons. The second-order valence-corrected chi connectivity index (χ2v) is 4.56. The summed E-state index contributed by atoms with van der Waals surface area (Å²) in [5.74, 6) is 0.801.